The predicted octanol–water partition coefficient (Wildman–Crippen LogP) is 4.45. The number of hydrogen-bond acceptors (Lipinski definition) is 3. The van der Waals surface area contributed by atoms with Gasteiger partial charge >= 0.3 is 6.03 Å². The summed E-state index contributed by atoms with van der Waals surface area (Å²) >= 11 is 0. The largest absolute Gasteiger partial charge is 0.335 e. The highest BCUT2D eigenvalue weighted by Crippen LogP contribution is 2.27. The molecule has 0 saturated heterocycles. The maximum atomic E-state index is 12.2. The van der Waals surface area contributed by atoms with Crippen LogP contribution in [0.15, 0.2) is 58.8 Å². The van der Waals surface area contributed by atoms with Crippen molar-refractivity contribution in [1.82, 2.24) is 5.32 Å². The molecule has 3 rings (SSSR count). The summed E-state index contributed by atoms with van der Waals surface area (Å²) in [6.45, 7) is 6.69. The lowest BCUT2D eigenvalue weighted by atomic mass is 9.87. The van der Waals surface area contributed by atoms with Gasteiger partial charge < -0.3 is 10.6 Å². The average Bonchev–Trinajstić information content (AvgIpc) is 2.61. The highest BCUT2D eigenvalue weighted by molar-refractivity contribution is 5.97. The van der Waals surface area contributed by atoms with Gasteiger partial charge in [0, 0.05) is 17.8 Å². The predicted molar refractivity (Wildman–Crippen MR) is 101 cm³/mol. The Morgan fingerprint density at radius 2 is 1.77 bits per heavy atom. The number of carbonyl (C=O) groups excluding carboxylic acids is 2. The first-order valence-electron chi connectivity index (χ1n) is 8.54. The second kappa shape index (κ2) is 7.07. The zero-order valence-corrected chi connectivity index (χ0v) is 15.1. The molecule has 1 unspecified atom stereocenters. The molecule has 0 radical (unpaired) electrons. The van der Waals surface area contributed by atoms with Crippen LogP contribution in [-0.4, -0.2) is 18.5 Å². The van der Waals surface area contributed by atoms with E-state index in [1.165, 1.54) is 5.56 Å². The zero-order chi connectivity index (χ0) is 18.7. The Balaban J connectivity index is 1.60. The third kappa shape index (κ3) is 3.96. The Bertz CT molecular complexity index is 851. The van der Waals surface area contributed by atoms with Gasteiger partial charge in [0.1, 0.15) is 6.04 Å². The van der Waals surface area contributed by atoms with Crippen LogP contribution in [0, 0.1) is 0 Å². The van der Waals surface area contributed by atoms with E-state index in [1.807, 2.05) is 36.4 Å². The van der Waals surface area contributed by atoms with E-state index in [2.05, 4.69) is 41.6 Å². The van der Waals surface area contributed by atoms with Crippen molar-refractivity contribution in [2.75, 3.05) is 11.9 Å². The van der Waals surface area contributed by atoms with Gasteiger partial charge in [-0.25, -0.2) is 4.79 Å². The number of anilines is 1. The number of nitrogens with one attached hydrogen (secondary N) is 2. The van der Waals surface area contributed by atoms with Gasteiger partial charge in [0.15, 0.2) is 0 Å². The van der Waals surface area contributed by atoms with E-state index in [0.717, 1.165) is 11.3 Å². The number of nitrogens with zero attached hydrogens (tertiary/aromatic N) is 2. The van der Waals surface area contributed by atoms with Crippen LogP contribution in [-0.2, 0) is 5.41 Å². The molecule has 0 aromatic heterocycles. The fourth-order valence-corrected chi connectivity index (χ4v) is 2.79. The Labute approximate surface area is 152 Å². The molecule has 0 spiro atoms. The number of urea groups is 1. The molecular formula is C20H22N4O2. The Morgan fingerprint density at radius 3 is 2.46 bits per heavy atom. The highest BCUT2D eigenvalue weighted by Gasteiger charge is 2.23. The smallest absolute Gasteiger partial charge is 0.319 e. The molecule has 2 aromatic rings. The minimum Gasteiger partial charge on any atom is -0.335 e. The molecule has 0 bridgehead atoms. The Hall–Kier alpha value is -3.02. The van der Waals surface area contributed by atoms with Crippen LogP contribution in [0.1, 0.15) is 48.3 Å². The van der Waals surface area contributed by atoms with E-state index in [0.29, 0.717) is 5.56 Å². The third-order valence-corrected chi connectivity index (χ3v) is 4.30. The summed E-state index contributed by atoms with van der Waals surface area (Å²) < 4.78 is 0. The molecule has 0 aliphatic carbocycles. The normalized spacial score (nSPS) is 16.1. The van der Waals surface area contributed by atoms with E-state index in [4.69, 9.17) is 0 Å². The lowest BCUT2D eigenvalue weighted by molar-refractivity contribution is 0.0985. The number of hydrogen-bond donors (Lipinski definition) is 2. The molecule has 2 N–H and O–H groups in total. The van der Waals surface area contributed by atoms with Gasteiger partial charge in [-0.2, -0.15) is 5.11 Å². The summed E-state index contributed by atoms with van der Waals surface area (Å²) in [5.74, 6) is -0.347. The first-order valence-corrected chi connectivity index (χ1v) is 8.54. The molecule has 1 aliphatic heterocycles. The standard InChI is InChI=1S/C20H22N4O2/c1-20(2,3)13-8-10-14(11-9-13)22-19(26)21-12-17-15-6-4-5-7-16(15)18(25)24-23-17/h4-11,17H,12H2,1-3H3,(H2,21,22,26). The van der Waals surface area contributed by atoms with E-state index in [9.17, 15) is 9.59 Å². The van der Waals surface area contributed by atoms with Gasteiger partial charge in [-0.05, 0) is 34.7 Å². The molecule has 0 fully saturated rings. The van der Waals surface area contributed by atoms with Crippen molar-refractivity contribution in [3.63, 3.8) is 0 Å². The second-order valence-electron chi connectivity index (χ2n) is 7.29. The number of benzene rings is 2. The van der Waals surface area contributed by atoms with E-state index in [1.54, 1.807) is 12.1 Å². The highest BCUT2D eigenvalue weighted by atomic mass is 16.2. The number of fused-ring (bicyclic) bond motifs is 1. The Kier molecular flexibility index (Phi) is 4.84. The van der Waals surface area contributed by atoms with Crippen molar-refractivity contribution in [3.8, 4) is 0 Å². The first kappa shape index (κ1) is 17.8. The number of amides is 3. The summed E-state index contributed by atoms with van der Waals surface area (Å²) in [5, 5.41) is 13.3. The molecule has 3 amide bonds. The Morgan fingerprint density at radius 1 is 1.08 bits per heavy atom. The summed E-state index contributed by atoms with van der Waals surface area (Å²) in [5.41, 5.74) is 3.30. The fraction of sp³-hybridized carbons (Fsp3) is 0.300. The maximum Gasteiger partial charge on any atom is 0.319 e. The van der Waals surface area contributed by atoms with Gasteiger partial charge in [-0.1, -0.05) is 51.1 Å². The minimum absolute atomic E-state index is 0.0671. The summed E-state index contributed by atoms with van der Waals surface area (Å²) in [4.78, 5) is 23.9. The fourth-order valence-electron chi connectivity index (χ4n) is 2.79. The SMILES string of the molecule is CC(C)(C)c1ccc(NC(=O)NCC2N=NC(=O)c3ccccc32)cc1. The molecule has 6 heteroatoms. The number of carbonyl (C=O) groups is 2. The van der Waals surface area contributed by atoms with Crippen LogP contribution in [0.5, 0.6) is 0 Å². The van der Waals surface area contributed by atoms with Crippen molar-refractivity contribution < 1.29 is 9.59 Å². The number of rotatable bonds is 3. The quantitative estimate of drug-likeness (QED) is 0.857. The summed E-state index contributed by atoms with van der Waals surface area (Å²) in [7, 11) is 0. The molecule has 134 valence electrons. The van der Waals surface area contributed by atoms with Gasteiger partial charge in [0.05, 0.1) is 0 Å². The molecule has 1 atom stereocenters. The summed E-state index contributed by atoms with van der Waals surface area (Å²) in [6.07, 6.45) is 0. The second-order valence-corrected chi connectivity index (χ2v) is 7.29. The van der Waals surface area contributed by atoms with Crippen LogP contribution >= 0.6 is 0 Å². The van der Waals surface area contributed by atoms with Crippen molar-refractivity contribution in [3.05, 3.63) is 65.2 Å². The van der Waals surface area contributed by atoms with Gasteiger partial charge in [-0.3, -0.25) is 4.79 Å². The van der Waals surface area contributed by atoms with Gasteiger partial charge in [0.25, 0.3) is 5.91 Å². The molecule has 1 aliphatic rings. The molecule has 2 aromatic carbocycles. The van der Waals surface area contributed by atoms with Crippen LogP contribution in [0.3, 0.4) is 0 Å². The molecule has 6 nitrogen and oxygen atoms in total. The van der Waals surface area contributed by atoms with Crippen LogP contribution in [0.4, 0.5) is 10.5 Å². The lowest BCUT2D eigenvalue weighted by Gasteiger charge is -2.20. The topological polar surface area (TPSA) is 82.9 Å². The van der Waals surface area contributed by atoms with Crippen molar-refractivity contribution >= 4 is 17.6 Å². The third-order valence-electron chi connectivity index (χ3n) is 4.30. The number of azo groups is 1. The van der Waals surface area contributed by atoms with E-state index < -0.39 is 0 Å². The van der Waals surface area contributed by atoms with Crippen LogP contribution in [0.25, 0.3) is 0 Å². The van der Waals surface area contributed by atoms with Crippen molar-refractivity contribution in [1.29, 1.82) is 0 Å². The first-order chi connectivity index (χ1) is 12.3. The maximum absolute atomic E-state index is 12.2. The monoisotopic (exact) mass is 350 g/mol. The zero-order valence-electron chi connectivity index (χ0n) is 15.1. The van der Waals surface area contributed by atoms with Crippen LogP contribution in [0.2, 0.25) is 0 Å². The van der Waals surface area contributed by atoms with Crippen molar-refractivity contribution in [2.24, 2.45) is 10.2 Å². The van der Waals surface area contributed by atoms with E-state index in [-0.39, 0.29) is 29.9 Å². The van der Waals surface area contributed by atoms with Crippen LogP contribution < -0.4 is 10.6 Å². The molecule has 26 heavy (non-hydrogen) atoms. The van der Waals surface area contributed by atoms with E-state index >= 15 is 0 Å². The summed E-state index contributed by atoms with van der Waals surface area (Å²) in [6, 6.07) is 14.3. The van der Waals surface area contributed by atoms with Gasteiger partial charge in [0.2, 0.25) is 0 Å². The van der Waals surface area contributed by atoms with Gasteiger partial charge in [-0.15, -0.1) is 5.11 Å². The van der Waals surface area contributed by atoms with Crippen molar-refractivity contribution in [2.45, 2.75) is 32.2 Å². The molecule has 1 heterocycles. The molecular weight excluding hydrogens is 328 g/mol. The lowest BCUT2D eigenvalue weighted by Crippen LogP contribution is -2.32. The molecule has 0 saturated carbocycles. The minimum atomic E-state index is -0.363. The average molecular weight is 350 g/mol.